The molecule has 0 unspecified atom stereocenters. The number of aliphatic hydroxyl groups excluding tert-OH is 1. The Morgan fingerprint density at radius 3 is 2.59 bits per heavy atom. The maximum atomic E-state index is 9.79. The lowest BCUT2D eigenvalue weighted by atomic mass is 9.93. The zero-order valence-electron chi connectivity index (χ0n) is 19.4. The molecular weight excluding hydrogens is 514 g/mol. The number of furan rings is 1. The van der Waals surface area contributed by atoms with Crippen molar-refractivity contribution in [1.29, 1.82) is 0 Å². The van der Waals surface area contributed by atoms with Crippen molar-refractivity contribution in [3.63, 3.8) is 0 Å². The summed E-state index contributed by atoms with van der Waals surface area (Å²) in [6.45, 7) is 1.08. The van der Waals surface area contributed by atoms with Gasteiger partial charge in [0.1, 0.15) is 10.9 Å². The minimum absolute atomic E-state index is 0. The predicted octanol–water partition coefficient (Wildman–Crippen LogP) is 6.41. The van der Waals surface area contributed by atoms with Crippen molar-refractivity contribution < 1.29 is 19.4 Å². The van der Waals surface area contributed by atoms with Crippen LogP contribution in [0.25, 0.3) is 43.5 Å². The lowest BCUT2D eigenvalue weighted by molar-refractivity contribution is -0.134. The highest BCUT2D eigenvalue weighted by Gasteiger charge is 2.23. The molecule has 0 aromatic carbocycles. The van der Waals surface area contributed by atoms with Gasteiger partial charge >= 0.3 is 0 Å². The number of nitrogen functional groups attached to an aromatic ring is 1. The van der Waals surface area contributed by atoms with E-state index in [2.05, 4.69) is 15.1 Å². The molecule has 0 spiro atoms. The number of halogens is 1. The Morgan fingerprint density at radius 2 is 1.86 bits per heavy atom. The fraction of sp³-hybridized carbons (Fsp3) is 0.308. The zero-order chi connectivity index (χ0) is 25.4. The average Bonchev–Trinajstić information content (AvgIpc) is 3.58. The van der Waals surface area contributed by atoms with E-state index in [1.165, 1.54) is 0 Å². The Bertz CT molecular complexity index is 1550. The van der Waals surface area contributed by atoms with Gasteiger partial charge in [-0.25, -0.2) is 9.97 Å². The van der Waals surface area contributed by atoms with Crippen molar-refractivity contribution in [1.82, 2.24) is 19.7 Å². The number of pyridine rings is 2. The average molecular weight is 542 g/mol. The van der Waals surface area contributed by atoms with Crippen LogP contribution in [0, 0.1) is 0 Å². The fourth-order valence-corrected chi connectivity index (χ4v) is 5.56. The van der Waals surface area contributed by atoms with Crippen LogP contribution in [0.15, 0.2) is 46.7 Å². The van der Waals surface area contributed by atoms with Gasteiger partial charge in [-0.15, -0.1) is 11.3 Å². The van der Waals surface area contributed by atoms with Crippen molar-refractivity contribution in [2.24, 2.45) is 0 Å². The van der Waals surface area contributed by atoms with Crippen LogP contribution in [0.5, 0.6) is 0 Å². The van der Waals surface area contributed by atoms with Crippen LogP contribution < -0.4 is 5.73 Å². The molecule has 5 aromatic heterocycles. The van der Waals surface area contributed by atoms with Crippen molar-refractivity contribution in [2.75, 3.05) is 5.73 Å². The number of carbonyl (C=O) groups is 1. The highest BCUT2D eigenvalue weighted by molar-refractivity contribution is 7.17. The standard InChI is InChI=1S/C23H20ClN5O2S.C2H4O2.CH4/c24-21-6-15-18(11-32-20(15)9-26-21)19-5-16-17(8-27-23(25)22(16)31-19)12-7-28-29(10-12)13-1-3-14(30)4-2-13;1-2(3)4;/h5-11,13-14,30H,1-4H2,(H2,25,27);1H3,(H,3,4);1H4. The second-order valence-corrected chi connectivity index (χ2v) is 10.1. The first-order chi connectivity index (χ1) is 17.3. The number of aliphatic hydroxyl groups is 1. The first kappa shape index (κ1) is 26.6. The molecule has 0 aliphatic heterocycles. The molecule has 5 aromatic rings. The number of nitrogens with two attached hydrogens (primary N) is 1. The maximum absolute atomic E-state index is 9.79. The number of carboxylic acids is 1. The normalized spacial score (nSPS) is 17.3. The second kappa shape index (κ2) is 10.9. The highest BCUT2D eigenvalue weighted by Crippen LogP contribution is 2.41. The topological polar surface area (TPSA) is 140 Å². The van der Waals surface area contributed by atoms with Gasteiger partial charge in [0.15, 0.2) is 11.4 Å². The molecule has 1 aliphatic carbocycles. The molecule has 11 heteroatoms. The van der Waals surface area contributed by atoms with Crippen LogP contribution in [0.2, 0.25) is 5.15 Å². The second-order valence-electron chi connectivity index (χ2n) is 8.75. The van der Waals surface area contributed by atoms with E-state index >= 15 is 0 Å². The largest absolute Gasteiger partial charge is 0.481 e. The van der Waals surface area contributed by atoms with Crippen LogP contribution in [0.1, 0.15) is 46.1 Å². The Labute approximate surface area is 222 Å². The van der Waals surface area contributed by atoms with E-state index in [1.807, 2.05) is 34.6 Å². The molecule has 0 saturated heterocycles. The van der Waals surface area contributed by atoms with E-state index < -0.39 is 5.97 Å². The van der Waals surface area contributed by atoms with Crippen LogP contribution in [-0.4, -0.2) is 42.0 Å². The first-order valence-corrected chi connectivity index (χ1v) is 12.7. The smallest absolute Gasteiger partial charge is 0.300 e. The number of rotatable bonds is 3. The van der Waals surface area contributed by atoms with Crippen LogP contribution in [0.3, 0.4) is 0 Å². The summed E-state index contributed by atoms with van der Waals surface area (Å²) in [5.41, 5.74) is 9.56. The fourth-order valence-electron chi connectivity index (χ4n) is 4.50. The Balaban J connectivity index is 0.000000599. The number of aliphatic carboxylic acids is 1. The predicted molar refractivity (Wildman–Crippen MR) is 147 cm³/mol. The van der Waals surface area contributed by atoms with Crippen LogP contribution in [0.4, 0.5) is 5.82 Å². The molecule has 9 nitrogen and oxygen atoms in total. The zero-order valence-corrected chi connectivity index (χ0v) is 21.0. The number of aromatic nitrogens is 4. The Hall–Kier alpha value is -3.47. The molecule has 37 heavy (non-hydrogen) atoms. The third-order valence-electron chi connectivity index (χ3n) is 6.23. The molecule has 5 heterocycles. The molecular formula is C26H28ClN5O4S. The van der Waals surface area contributed by atoms with Gasteiger partial charge < -0.3 is 20.4 Å². The number of thiophene rings is 1. The molecule has 1 saturated carbocycles. The number of hydrogen-bond donors (Lipinski definition) is 3. The molecule has 0 amide bonds. The summed E-state index contributed by atoms with van der Waals surface area (Å²) in [4.78, 5) is 17.5. The van der Waals surface area contributed by atoms with Crippen molar-refractivity contribution in [2.45, 2.75) is 52.2 Å². The third-order valence-corrected chi connectivity index (χ3v) is 7.37. The number of fused-ring (bicyclic) bond motifs is 2. The molecule has 6 rings (SSSR count). The molecule has 0 bridgehead atoms. The van der Waals surface area contributed by atoms with Crippen molar-refractivity contribution in [3.05, 3.63) is 47.5 Å². The summed E-state index contributed by atoms with van der Waals surface area (Å²) in [5, 5.41) is 26.2. The third kappa shape index (κ3) is 5.46. The van der Waals surface area contributed by atoms with E-state index in [0.29, 0.717) is 28.4 Å². The van der Waals surface area contributed by atoms with E-state index in [4.69, 9.17) is 31.7 Å². The van der Waals surface area contributed by atoms with E-state index in [1.54, 1.807) is 23.7 Å². The van der Waals surface area contributed by atoms with Gasteiger partial charge in [-0.1, -0.05) is 19.0 Å². The molecule has 194 valence electrons. The highest BCUT2D eigenvalue weighted by atomic mass is 35.5. The number of nitrogens with zero attached hydrogens (tertiary/aromatic N) is 4. The van der Waals surface area contributed by atoms with Gasteiger partial charge in [-0.05, 0) is 37.8 Å². The van der Waals surface area contributed by atoms with E-state index in [0.717, 1.165) is 64.8 Å². The quantitative estimate of drug-likeness (QED) is 0.223. The van der Waals surface area contributed by atoms with E-state index in [9.17, 15) is 5.11 Å². The molecule has 1 aliphatic rings. The number of hydrogen-bond acceptors (Lipinski definition) is 8. The molecule has 0 atom stereocenters. The number of carboxylic acid groups (broad SMARTS) is 1. The van der Waals surface area contributed by atoms with Gasteiger partial charge in [0.2, 0.25) is 0 Å². The maximum Gasteiger partial charge on any atom is 0.300 e. The first-order valence-electron chi connectivity index (χ1n) is 11.4. The monoisotopic (exact) mass is 541 g/mol. The summed E-state index contributed by atoms with van der Waals surface area (Å²) in [6.07, 6.45) is 10.7. The molecule has 4 N–H and O–H groups in total. The lowest BCUT2D eigenvalue weighted by Gasteiger charge is -2.25. The number of anilines is 1. The lowest BCUT2D eigenvalue weighted by Crippen LogP contribution is -2.21. The Kier molecular flexibility index (Phi) is 7.82. The van der Waals surface area contributed by atoms with Gasteiger partial charge in [0.05, 0.1) is 23.0 Å². The minimum Gasteiger partial charge on any atom is -0.481 e. The summed E-state index contributed by atoms with van der Waals surface area (Å²) >= 11 is 7.72. The minimum atomic E-state index is -0.833. The van der Waals surface area contributed by atoms with Crippen molar-refractivity contribution in [3.8, 4) is 22.5 Å². The SMILES string of the molecule is C.CC(=O)O.Nc1ncc(-c2cnn(C3CCC(O)CC3)c2)c2cc(-c3csc4cnc(Cl)cc34)oc12. The van der Waals surface area contributed by atoms with Gasteiger partial charge in [0.25, 0.3) is 5.97 Å². The van der Waals surface area contributed by atoms with Crippen LogP contribution in [-0.2, 0) is 4.79 Å². The summed E-state index contributed by atoms with van der Waals surface area (Å²) in [6, 6.07) is 4.16. The summed E-state index contributed by atoms with van der Waals surface area (Å²) in [5.74, 6) is 0.228. The Morgan fingerprint density at radius 1 is 1.14 bits per heavy atom. The summed E-state index contributed by atoms with van der Waals surface area (Å²) < 4.78 is 9.23. The molecule has 1 fully saturated rings. The van der Waals surface area contributed by atoms with Crippen molar-refractivity contribution >= 4 is 55.8 Å². The summed E-state index contributed by atoms with van der Waals surface area (Å²) in [7, 11) is 0. The molecule has 0 radical (unpaired) electrons. The van der Waals surface area contributed by atoms with Gasteiger partial charge in [-0.3, -0.25) is 9.48 Å². The van der Waals surface area contributed by atoms with E-state index in [-0.39, 0.29) is 13.5 Å². The van der Waals surface area contributed by atoms with Gasteiger partial charge in [0, 0.05) is 58.4 Å². The van der Waals surface area contributed by atoms with Gasteiger partial charge in [-0.2, -0.15) is 5.10 Å². The van der Waals surface area contributed by atoms with Crippen LogP contribution >= 0.6 is 22.9 Å².